The molecule has 0 bridgehead atoms. The summed E-state index contributed by atoms with van der Waals surface area (Å²) >= 11 is 0. The zero-order valence-electron chi connectivity index (χ0n) is 64.9. The predicted molar refractivity (Wildman–Crippen MR) is 417 cm³/mol. The first-order valence-corrected chi connectivity index (χ1v) is 38.4. The van der Waals surface area contributed by atoms with E-state index in [0.29, 0.717) is 52.6 Å². The van der Waals surface area contributed by atoms with E-state index in [9.17, 15) is 10.2 Å². The van der Waals surface area contributed by atoms with Gasteiger partial charge in [0.05, 0.1) is 26.4 Å². The maximum atomic E-state index is 15.2. The molecule has 0 spiro atoms. The molecule has 568 valence electrons. The number of likely N-dealkylation sites (tertiary alicyclic amines) is 4. The van der Waals surface area contributed by atoms with Crippen molar-refractivity contribution < 1.29 is 115 Å². The molecule has 0 aromatic heterocycles. The number of hydrogen-bond donors (Lipinski definition) is 0. The smallest absolute Gasteiger partial charge is 0.872 e. The van der Waals surface area contributed by atoms with Crippen molar-refractivity contribution in [2.24, 2.45) is 0 Å². The van der Waals surface area contributed by atoms with Gasteiger partial charge in [-0.2, -0.15) is 0 Å². The van der Waals surface area contributed by atoms with Crippen LogP contribution >= 0.6 is 0 Å². The Labute approximate surface area is 703 Å². The molecule has 110 heavy (non-hydrogen) atoms. The maximum Gasteiger partial charge on any atom is 3.00 e. The molecule has 0 saturated carbocycles. The van der Waals surface area contributed by atoms with Crippen LogP contribution in [0.15, 0.2) is 267 Å². The zero-order chi connectivity index (χ0) is 75.9. The molecular weight excluding hydrogens is 1520 g/mol. The van der Waals surface area contributed by atoms with Crippen LogP contribution in [0.5, 0.6) is 11.5 Å². The van der Waals surface area contributed by atoms with Crippen molar-refractivity contribution in [3.63, 3.8) is 0 Å². The number of aryl methyl sites for hydroxylation is 2. The summed E-state index contributed by atoms with van der Waals surface area (Å²) in [4.78, 5) is 8.94. The van der Waals surface area contributed by atoms with E-state index in [-0.39, 0.29) is 101 Å². The quantitative estimate of drug-likeness (QED) is 0.0466. The van der Waals surface area contributed by atoms with Gasteiger partial charge in [0.1, 0.15) is 0 Å². The summed E-state index contributed by atoms with van der Waals surface area (Å²) in [7, 11) is 6.61. The van der Waals surface area contributed by atoms with Crippen LogP contribution < -0.4 is 30.6 Å². The van der Waals surface area contributed by atoms with Crippen LogP contribution in [0.1, 0.15) is 129 Å². The molecule has 0 aliphatic carbocycles. The first-order chi connectivity index (χ1) is 52.6. The first kappa shape index (κ1) is 87.5. The molecule has 16 heteroatoms. The van der Waals surface area contributed by atoms with E-state index < -0.39 is 22.4 Å². The van der Waals surface area contributed by atoms with E-state index in [1.165, 1.54) is 0 Å². The van der Waals surface area contributed by atoms with Gasteiger partial charge in [-0.1, -0.05) is 334 Å². The average Bonchev–Trinajstić information content (AvgIpc) is 1.34. The van der Waals surface area contributed by atoms with Crippen molar-refractivity contribution in [3.05, 3.63) is 345 Å². The number of rotatable bonds is 26. The Morgan fingerprint density at radius 1 is 0.282 bits per heavy atom. The second kappa shape index (κ2) is 42.6. The topological polar surface area (TPSA) is 188 Å². The summed E-state index contributed by atoms with van der Waals surface area (Å²) in [6, 6.07) is 84.3. The summed E-state index contributed by atoms with van der Waals surface area (Å²) in [6.45, 7) is 11.6. The van der Waals surface area contributed by atoms with Gasteiger partial charge in [0.15, 0.2) is 0 Å². The Morgan fingerprint density at radius 3 is 0.582 bits per heavy atom. The van der Waals surface area contributed by atoms with Crippen LogP contribution in [0.25, 0.3) is 0 Å². The minimum Gasteiger partial charge on any atom is -0.872 e. The molecule has 4 aliphatic heterocycles. The van der Waals surface area contributed by atoms with Crippen molar-refractivity contribution >= 4 is 0 Å². The predicted octanol–water partition coefficient (Wildman–Crippen LogP) is 11.8. The zero-order valence-corrected chi connectivity index (χ0v) is 70.6. The molecule has 0 N–H and O–H groups in total. The van der Waals surface area contributed by atoms with Crippen LogP contribution in [-0.4, -0.2) is 125 Å². The normalized spacial score (nSPS) is 17.7. The molecule has 14 rings (SSSR count). The van der Waals surface area contributed by atoms with E-state index >= 15 is 20.4 Å². The molecule has 0 amide bonds. The Hall–Kier alpha value is -6.47. The fraction of sp³-hybridized carbons (Fsp3) is 0.362. The van der Waals surface area contributed by atoms with Crippen LogP contribution in [0, 0.1) is 13.8 Å². The Morgan fingerprint density at radius 2 is 0.436 bits per heavy atom. The summed E-state index contributed by atoms with van der Waals surface area (Å²) < 4.78 is 18.6. The van der Waals surface area contributed by atoms with Crippen molar-refractivity contribution in [2.45, 2.75) is 138 Å². The summed E-state index contributed by atoms with van der Waals surface area (Å²) in [5.74, 6) is 0.0347. The largest absolute Gasteiger partial charge is 3.00 e. The number of ether oxygens (including phenoxy) is 4. The SMILES string of the molecule is COCCOC.COCCOC.Cc1cc(CN2CCC[C@H]2C([O-])(c2ccccc2)c2ccccc2)c([O-])c(CN2CCC[C@H]2C([O-])(c2ccccc2)c2ccccc2)c1.Cc1cc(CN2CCC[C@H]2C([O-])(c2ccccc2)c2ccccc2)c([O-])c(CN2CCC[C@H]2C([O-])(c2ccccc2)c2ccccc2)c1.[Y+3].[Y+3]. The van der Waals surface area contributed by atoms with Gasteiger partial charge >= 0.3 is 65.4 Å². The fourth-order valence-corrected chi connectivity index (χ4v) is 17.1. The monoisotopic (exact) mass is 1630 g/mol. The van der Waals surface area contributed by atoms with E-state index in [4.69, 9.17) is 0 Å². The van der Waals surface area contributed by atoms with E-state index in [1.54, 1.807) is 28.4 Å². The molecule has 4 heterocycles. The van der Waals surface area contributed by atoms with Crippen molar-refractivity contribution in [1.82, 2.24) is 19.6 Å². The molecule has 0 radical (unpaired) electrons. The molecule has 10 aromatic rings. The van der Waals surface area contributed by atoms with Gasteiger partial charge < -0.3 is 49.6 Å². The van der Waals surface area contributed by atoms with Gasteiger partial charge in [-0.25, -0.2) is 0 Å². The molecule has 10 aromatic carbocycles. The first-order valence-electron chi connectivity index (χ1n) is 38.4. The van der Waals surface area contributed by atoms with E-state index in [1.807, 2.05) is 281 Å². The van der Waals surface area contributed by atoms with Crippen LogP contribution in [0.2, 0.25) is 0 Å². The third-order valence-corrected chi connectivity index (χ3v) is 22.2. The number of hydrogen-bond acceptors (Lipinski definition) is 14. The van der Waals surface area contributed by atoms with Crippen molar-refractivity contribution in [1.29, 1.82) is 0 Å². The average molecular weight is 1630 g/mol. The molecule has 14 nitrogen and oxygen atoms in total. The molecular formula is C94H106N4O10Y2. The van der Waals surface area contributed by atoms with Crippen LogP contribution in [-0.2, 0) is 133 Å². The Bertz CT molecular complexity index is 3610. The van der Waals surface area contributed by atoms with Gasteiger partial charge in [-0.05, 0) is 136 Å². The molecule has 4 saturated heterocycles. The number of benzene rings is 10. The second-order valence-electron chi connectivity index (χ2n) is 29.2. The van der Waals surface area contributed by atoms with Crippen molar-refractivity contribution in [3.8, 4) is 11.5 Å². The third kappa shape index (κ3) is 20.5. The molecule has 0 unspecified atom stereocenters. The summed E-state index contributed by atoms with van der Waals surface area (Å²) in [5, 5.41) is 89.2. The molecule has 4 aliphatic rings. The van der Waals surface area contributed by atoms with E-state index in [2.05, 4.69) is 38.5 Å². The number of methoxy groups -OCH3 is 4. The summed E-state index contributed by atoms with van der Waals surface area (Å²) in [6.07, 6.45) is 6.67. The van der Waals surface area contributed by atoms with Crippen LogP contribution in [0.3, 0.4) is 0 Å². The van der Waals surface area contributed by atoms with Gasteiger partial charge in [0.25, 0.3) is 0 Å². The maximum absolute atomic E-state index is 15.2. The van der Waals surface area contributed by atoms with Gasteiger partial charge in [-0.15, -0.1) is 0 Å². The van der Waals surface area contributed by atoms with Gasteiger partial charge in [-0.3, -0.25) is 19.6 Å². The minimum atomic E-state index is -1.47. The second-order valence-corrected chi connectivity index (χ2v) is 29.2. The Balaban J connectivity index is 0.000000217. The standard InChI is InChI=1S/2C43H44N2O3.2C4H10O2.2Y/c2*1-32-28-33(30-44-26-14-24-39(44)42(47,35-16-6-2-7-17-35)36-18-8-3-9-19-36)41(46)34(29-32)31-45-27-15-25-40(45)43(48,37-20-10-4-11-21-37)38-22-12-5-13-23-38;2*1-5-3-4-6-2;;/h2*2-13,16-23,28-29,39-40,46H,14-15,24-27,30-31H2,1H3;2*3-4H2,1-2H3;;/q2*-2;;;2*+3/p-2/t2*39-,40-;;;;/m00..../s1. The Kier molecular flexibility index (Phi) is 33.9. The van der Waals surface area contributed by atoms with Crippen molar-refractivity contribution in [2.75, 3.05) is 81.0 Å². The van der Waals surface area contributed by atoms with Gasteiger partial charge in [0, 0.05) is 78.8 Å². The fourth-order valence-electron chi connectivity index (χ4n) is 17.1. The van der Waals surface area contributed by atoms with Gasteiger partial charge in [0.2, 0.25) is 0 Å². The van der Waals surface area contributed by atoms with E-state index in [0.717, 1.165) is 155 Å². The molecule has 4 fully saturated rings. The summed E-state index contributed by atoms with van der Waals surface area (Å²) in [5.41, 5.74) is 5.02. The minimum absolute atomic E-state index is 0. The third-order valence-electron chi connectivity index (χ3n) is 22.2. The van der Waals surface area contributed by atoms with Crippen LogP contribution in [0.4, 0.5) is 0 Å². The molecule has 4 atom stereocenters. The number of nitrogens with zero attached hydrogens (tertiary/aromatic N) is 4.